The lowest BCUT2D eigenvalue weighted by atomic mass is 10.2. The number of rotatable bonds is 6. The highest BCUT2D eigenvalue weighted by atomic mass is 32.1. The summed E-state index contributed by atoms with van der Waals surface area (Å²) >= 11 is 2.95. The summed E-state index contributed by atoms with van der Waals surface area (Å²) in [7, 11) is 0. The van der Waals surface area contributed by atoms with Gasteiger partial charge in [0.2, 0.25) is 0 Å². The van der Waals surface area contributed by atoms with Crippen molar-refractivity contribution in [2.75, 3.05) is 0 Å². The highest BCUT2D eigenvalue weighted by molar-refractivity contribution is 7.13. The third kappa shape index (κ3) is 3.16. The third-order valence-corrected chi connectivity index (χ3v) is 4.52. The first-order valence-electron chi connectivity index (χ1n) is 5.65. The van der Waals surface area contributed by atoms with Crippen LogP contribution in [0.5, 0.6) is 0 Å². The number of carboxylic acids is 1. The highest BCUT2D eigenvalue weighted by Gasteiger charge is 2.12. The van der Waals surface area contributed by atoms with Crippen LogP contribution in [0.2, 0.25) is 0 Å². The Hall–Kier alpha value is -1.24. The Kier molecular flexibility index (Phi) is 4.46. The monoisotopic (exact) mass is 282 g/mol. The number of thiophene rings is 1. The standard InChI is InChI=1S/C12H14N2O2S2/c1-2-9(11-13-5-6-17-11)14-7-8-3-4-10(18-8)12(15)16/h3-6,9,14H,2,7H2,1H3,(H,15,16). The average Bonchev–Trinajstić information content (AvgIpc) is 3.00. The van der Waals surface area contributed by atoms with Crippen LogP contribution in [0.15, 0.2) is 23.7 Å². The molecule has 6 heteroatoms. The maximum absolute atomic E-state index is 10.8. The van der Waals surface area contributed by atoms with Gasteiger partial charge < -0.3 is 10.4 Å². The maximum atomic E-state index is 10.8. The number of nitrogens with one attached hydrogen (secondary N) is 1. The molecule has 2 rings (SSSR count). The predicted molar refractivity (Wildman–Crippen MR) is 73.3 cm³/mol. The van der Waals surface area contributed by atoms with E-state index in [1.165, 1.54) is 11.3 Å². The molecule has 0 spiro atoms. The van der Waals surface area contributed by atoms with E-state index in [-0.39, 0.29) is 6.04 Å². The van der Waals surface area contributed by atoms with E-state index in [1.807, 2.05) is 11.4 Å². The molecule has 2 aromatic rings. The zero-order chi connectivity index (χ0) is 13.0. The van der Waals surface area contributed by atoms with Gasteiger partial charge in [0.05, 0.1) is 6.04 Å². The fourth-order valence-electron chi connectivity index (χ4n) is 1.62. The van der Waals surface area contributed by atoms with E-state index in [1.54, 1.807) is 23.6 Å². The molecule has 0 saturated carbocycles. The van der Waals surface area contributed by atoms with Crippen molar-refractivity contribution in [3.63, 3.8) is 0 Å². The second-order valence-electron chi connectivity index (χ2n) is 3.78. The molecule has 1 unspecified atom stereocenters. The smallest absolute Gasteiger partial charge is 0.345 e. The molecule has 2 heterocycles. The zero-order valence-electron chi connectivity index (χ0n) is 9.92. The largest absolute Gasteiger partial charge is 0.477 e. The molecule has 96 valence electrons. The van der Waals surface area contributed by atoms with Crippen LogP contribution in [0.4, 0.5) is 0 Å². The molecule has 0 amide bonds. The Morgan fingerprint density at radius 2 is 2.39 bits per heavy atom. The van der Waals surface area contributed by atoms with E-state index >= 15 is 0 Å². The average molecular weight is 282 g/mol. The van der Waals surface area contributed by atoms with Gasteiger partial charge in [0.25, 0.3) is 0 Å². The molecule has 0 aromatic carbocycles. The molecule has 0 aliphatic carbocycles. The molecule has 2 N–H and O–H groups in total. The number of hydrogen-bond acceptors (Lipinski definition) is 5. The molecule has 1 atom stereocenters. The number of aromatic nitrogens is 1. The molecule has 4 nitrogen and oxygen atoms in total. The zero-order valence-corrected chi connectivity index (χ0v) is 11.6. The summed E-state index contributed by atoms with van der Waals surface area (Å²) in [6, 6.07) is 3.74. The molecule has 0 aliphatic rings. The Bertz CT molecular complexity index is 508. The summed E-state index contributed by atoms with van der Waals surface area (Å²) in [6.07, 6.45) is 2.77. The van der Waals surface area contributed by atoms with Crippen LogP contribution in [0.25, 0.3) is 0 Å². The van der Waals surface area contributed by atoms with Gasteiger partial charge in [0.1, 0.15) is 9.88 Å². The van der Waals surface area contributed by atoms with E-state index in [0.29, 0.717) is 11.4 Å². The van der Waals surface area contributed by atoms with E-state index in [4.69, 9.17) is 5.11 Å². The lowest BCUT2D eigenvalue weighted by Gasteiger charge is -2.13. The minimum atomic E-state index is -0.863. The quantitative estimate of drug-likeness (QED) is 0.854. The van der Waals surface area contributed by atoms with E-state index in [0.717, 1.165) is 16.3 Å². The topological polar surface area (TPSA) is 62.2 Å². The fourth-order valence-corrected chi connectivity index (χ4v) is 3.22. The molecule has 0 fully saturated rings. The summed E-state index contributed by atoms with van der Waals surface area (Å²) in [5, 5.41) is 15.3. The van der Waals surface area contributed by atoms with Crippen molar-refractivity contribution < 1.29 is 9.90 Å². The van der Waals surface area contributed by atoms with Gasteiger partial charge in [0, 0.05) is 23.0 Å². The van der Waals surface area contributed by atoms with Crippen LogP contribution >= 0.6 is 22.7 Å². The van der Waals surface area contributed by atoms with Gasteiger partial charge in [-0.2, -0.15) is 0 Å². The highest BCUT2D eigenvalue weighted by Crippen LogP contribution is 2.21. The molecule has 0 aliphatic heterocycles. The maximum Gasteiger partial charge on any atom is 0.345 e. The lowest BCUT2D eigenvalue weighted by molar-refractivity contribution is 0.0702. The Morgan fingerprint density at radius 3 is 2.94 bits per heavy atom. The Balaban J connectivity index is 1.95. The van der Waals surface area contributed by atoms with Crippen LogP contribution < -0.4 is 5.32 Å². The first-order valence-corrected chi connectivity index (χ1v) is 7.35. The Morgan fingerprint density at radius 1 is 1.56 bits per heavy atom. The number of carbonyl (C=O) groups is 1. The van der Waals surface area contributed by atoms with Crippen LogP contribution in [0, 0.1) is 0 Å². The summed E-state index contributed by atoms with van der Waals surface area (Å²) in [5.41, 5.74) is 0. The number of nitrogens with zero attached hydrogens (tertiary/aromatic N) is 1. The SMILES string of the molecule is CCC(NCc1ccc(C(=O)O)s1)c1nccs1. The van der Waals surface area contributed by atoms with Gasteiger partial charge >= 0.3 is 5.97 Å². The van der Waals surface area contributed by atoms with E-state index < -0.39 is 5.97 Å². The summed E-state index contributed by atoms with van der Waals surface area (Å²) in [4.78, 5) is 16.5. The second kappa shape index (κ2) is 6.08. The van der Waals surface area contributed by atoms with Gasteiger partial charge in [-0.1, -0.05) is 6.92 Å². The second-order valence-corrected chi connectivity index (χ2v) is 5.88. The van der Waals surface area contributed by atoms with Crippen molar-refractivity contribution in [2.45, 2.75) is 25.9 Å². The van der Waals surface area contributed by atoms with Crippen molar-refractivity contribution >= 4 is 28.6 Å². The molecule has 0 bridgehead atoms. The minimum Gasteiger partial charge on any atom is -0.477 e. The van der Waals surface area contributed by atoms with E-state index in [2.05, 4.69) is 17.2 Å². The van der Waals surface area contributed by atoms with Crippen molar-refractivity contribution in [3.8, 4) is 0 Å². The van der Waals surface area contributed by atoms with E-state index in [9.17, 15) is 4.79 Å². The van der Waals surface area contributed by atoms with Crippen molar-refractivity contribution in [1.82, 2.24) is 10.3 Å². The summed E-state index contributed by atoms with van der Waals surface area (Å²) in [6.45, 7) is 2.78. The van der Waals surface area contributed by atoms with Crippen LogP contribution in [-0.4, -0.2) is 16.1 Å². The number of aromatic carboxylic acids is 1. The molecular weight excluding hydrogens is 268 g/mol. The first kappa shape index (κ1) is 13.2. The van der Waals surface area contributed by atoms with Gasteiger partial charge in [-0.05, 0) is 18.6 Å². The first-order chi connectivity index (χ1) is 8.70. The van der Waals surface area contributed by atoms with Crippen molar-refractivity contribution in [3.05, 3.63) is 38.5 Å². The predicted octanol–water partition coefficient (Wildman–Crippen LogP) is 3.14. The normalized spacial score (nSPS) is 12.5. The summed E-state index contributed by atoms with van der Waals surface area (Å²) < 4.78 is 0. The van der Waals surface area contributed by atoms with Gasteiger partial charge in [0.15, 0.2) is 0 Å². The Labute approximate surface area is 113 Å². The number of carboxylic acid groups (broad SMARTS) is 1. The van der Waals surface area contributed by atoms with Crippen LogP contribution in [-0.2, 0) is 6.54 Å². The third-order valence-electron chi connectivity index (χ3n) is 2.55. The fraction of sp³-hybridized carbons (Fsp3) is 0.333. The minimum absolute atomic E-state index is 0.236. The summed E-state index contributed by atoms with van der Waals surface area (Å²) in [5.74, 6) is -0.863. The number of thiazole rings is 1. The molecule has 2 aromatic heterocycles. The van der Waals surface area contributed by atoms with Crippen molar-refractivity contribution in [2.24, 2.45) is 0 Å². The molecule has 0 radical (unpaired) electrons. The lowest BCUT2D eigenvalue weighted by Crippen LogP contribution is -2.19. The van der Waals surface area contributed by atoms with Gasteiger partial charge in [-0.15, -0.1) is 22.7 Å². The van der Waals surface area contributed by atoms with Gasteiger partial charge in [-0.3, -0.25) is 0 Å². The molecular formula is C12H14N2O2S2. The molecule has 0 saturated heterocycles. The van der Waals surface area contributed by atoms with Crippen LogP contribution in [0.3, 0.4) is 0 Å². The van der Waals surface area contributed by atoms with Crippen LogP contribution in [0.1, 0.15) is 38.9 Å². The number of hydrogen-bond donors (Lipinski definition) is 2. The van der Waals surface area contributed by atoms with Gasteiger partial charge in [-0.25, -0.2) is 9.78 Å². The van der Waals surface area contributed by atoms with Crippen molar-refractivity contribution in [1.29, 1.82) is 0 Å². The molecule has 18 heavy (non-hydrogen) atoms.